The predicted octanol–water partition coefficient (Wildman–Crippen LogP) is -0.124. The van der Waals surface area contributed by atoms with E-state index >= 15 is 0 Å². The number of rotatable bonds is 5. The number of nitrogens with one attached hydrogen (secondary N) is 1. The first kappa shape index (κ1) is 11.4. The van der Waals surface area contributed by atoms with Crippen LogP contribution >= 0.6 is 0 Å². The molecule has 0 saturated heterocycles. The van der Waals surface area contributed by atoms with Gasteiger partial charge in [-0.3, -0.25) is 4.79 Å². The van der Waals surface area contributed by atoms with Gasteiger partial charge in [-0.05, 0) is 13.8 Å². The van der Waals surface area contributed by atoms with E-state index in [4.69, 9.17) is 10.5 Å². The van der Waals surface area contributed by atoms with Gasteiger partial charge in [0.05, 0.1) is 6.61 Å². The fourth-order valence-corrected chi connectivity index (χ4v) is 0.769. The SMILES string of the molecule is COCCNC(=O)CC(C)(C)N. The maximum Gasteiger partial charge on any atom is 0.221 e. The molecule has 4 nitrogen and oxygen atoms in total. The Kier molecular flexibility index (Phi) is 4.85. The van der Waals surface area contributed by atoms with Crippen molar-refractivity contribution >= 4 is 5.91 Å². The molecule has 0 bridgehead atoms. The average molecular weight is 174 g/mol. The molecule has 0 fully saturated rings. The van der Waals surface area contributed by atoms with Gasteiger partial charge in [0.2, 0.25) is 5.91 Å². The molecule has 0 atom stereocenters. The van der Waals surface area contributed by atoms with Gasteiger partial charge < -0.3 is 15.8 Å². The molecule has 72 valence electrons. The lowest BCUT2D eigenvalue weighted by atomic mass is 10.0. The second kappa shape index (κ2) is 5.11. The number of amides is 1. The summed E-state index contributed by atoms with van der Waals surface area (Å²) >= 11 is 0. The first-order valence-corrected chi connectivity index (χ1v) is 4.00. The van der Waals surface area contributed by atoms with Crippen molar-refractivity contribution in [3.63, 3.8) is 0 Å². The van der Waals surface area contributed by atoms with Crippen molar-refractivity contribution < 1.29 is 9.53 Å². The van der Waals surface area contributed by atoms with Crippen molar-refractivity contribution in [2.24, 2.45) is 5.73 Å². The second-order valence-electron chi connectivity index (χ2n) is 3.51. The van der Waals surface area contributed by atoms with E-state index in [0.29, 0.717) is 19.6 Å². The van der Waals surface area contributed by atoms with Crippen molar-refractivity contribution in [3.8, 4) is 0 Å². The number of carbonyl (C=O) groups is 1. The minimum Gasteiger partial charge on any atom is -0.383 e. The lowest BCUT2D eigenvalue weighted by molar-refractivity contribution is -0.122. The third kappa shape index (κ3) is 7.50. The zero-order valence-corrected chi connectivity index (χ0v) is 8.02. The number of nitrogens with two attached hydrogens (primary N) is 1. The van der Waals surface area contributed by atoms with Gasteiger partial charge in [0.25, 0.3) is 0 Å². The maximum atomic E-state index is 11.1. The molecule has 0 spiro atoms. The van der Waals surface area contributed by atoms with Crippen LogP contribution in [0.2, 0.25) is 0 Å². The minimum atomic E-state index is -0.433. The Labute approximate surface area is 73.5 Å². The van der Waals surface area contributed by atoms with E-state index in [1.54, 1.807) is 7.11 Å². The van der Waals surface area contributed by atoms with Crippen LogP contribution in [-0.2, 0) is 9.53 Å². The third-order valence-electron chi connectivity index (χ3n) is 1.24. The Morgan fingerprint density at radius 3 is 2.58 bits per heavy atom. The number of ether oxygens (including phenoxy) is 1. The lowest BCUT2D eigenvalue weighted by Gasteiger charge is -2.17. The van der Waals surface area contributed by atoms with E-state index in [1.807, 2.05) is 13.8 Å². The summed E-state index contributed by atoms with van der Waals surface area (Å²) in [5, 5.41) is 2.70. The van der Waals surface area contributed by atoms with Crippen molar-refractivity contribution in [3.05, 3.63) is 0 Å². The highest BCUT2D eigenvalue weighted by atomic mass is 16.5. The van der Waals surface area contributed by atoms with Crippen molar-refractivity contribution in [2.75, 3.05) is 20.3 Å². The van der Waals surface area contributed by atoms with Gasteiger partial charge in [-0.15, -0.1) is 0 Å². The molecular weight excluding hydrogens is 156 g/mol. The van der Waals surface area contributed by atoms with Gasteiger partial charge >= 0.3 is 0 Å². The molecule has 0 rings (SSSR count). The van der Waals surface area contributed by atoms with E-state index in [0.717, 1.165) is 0 Å². The van der Waals surface area contributed by atoms with Gasteiger partial charge in [0, 0.05) is 25.6 Å². The Morgan fingerprint density at radius 2 is 2.17 bits per heavy atom. The van der Waals surface area contributed by atoms with Crippen molar-refractivity contribution in [1.82, 2.24) is 5.32 Å². The monoisotopic (exact) mass is 174 g/mol. The molecule has 1 amide bonds. The Balaban J connectivity index is 3.47. The summed E-state index contributed by atoms with van der Waals surface area (Å²) in [4.78, 5) is 11.1. The molecule has 0 radical (unpaired) electrons. The van der Waals surface area contributed by atoms with Crippen LogP contribution in [0.3, 0.4) is 0 Å². The van der Waals surface area contributed by atoms with Gasteiger partial charge in [-0.2, -0.15) is 0 Å². The van der Waals surface area contributed by atoms with Gasteiger partial charge in [-0.25, -0.2) is 0 Å². The summed E-state index contributed by atoms with van der Waals surface area (Å²) in [6.07, 6.45) is 0.344. The first-order chi connectivity index (χ1) is 5.45. The first-order valence-electron chi connectivity index (χ1n) is 4.00. The molecule has 0 heterocycles. The Morgan fingerprint density at radius 1 is 1.58 bits per heavy atom. The highest BCUT2D eigenvalue weighted by Gasteiger charge is 2.15. The quantitative estimate of drug-likeness (QED) is 0.571. The van der Waals surface area contributed by atoms with E-state index in [9.17, 15) is 4.79 Å². The fourth-order valence-electron chi connectivity index (χ4n) is 0.769. The van der Waals surface area contributed by atoms with Crippen LogP contribution in [0.4, 0.5) is 0 Å². The van der Waals surface area contributed by atoms with E-state index in [2.05, 4.69) is 5.32 Å². The summed E-state index contributed by atoms with van der Waals surface area (Å²) in [6.45, 7) is 4.73. The fraction of sp³-hybridized carbons (Fsp3) is 0.875. The van der Waals surface area contributed by atoms with Crippen LogP contribution in [-0.4, -0.2) is 31.7 Å². The number of hydrogen-bond acceptors (Lipinski definition) is 3. The third-order valence-corrected chi connectivity index (χ3v) is 1.24. The van der Waals surface area contributed by atoms with Gasteiger partial charge in [0.15, 0.2) is 0 Å². The van der Waals surface area contributed by atoms with Gasteiger partial charge in [0.1, 0.15) is 0 Å². The van der Waals surface area contributed by atoms with Crippen LogP contribution in [0.5, 0.6) is 0 Å². The normalized spacial score (nSPS) is 11.3. The molecule has 0 aromatic carbocycles. The van der Waals surface area contributed by atoms with E-state index < -0.39 is 5.54 Å². The topological polar surface area (TPSA) is 64.3 Å². The molecule has 0 aromatic rings. The summed E-state index contributed by atoms with van der Waals surface area (Å²) < 4.78 is 4.78. The molecule has 0 aromatic heterocycles. The Bertz CT molecular complexity index is 140. The highest BCUT2D eigenvalue weighted by molar-refractivity contribution is 5.76. The standard InChI is InChI=1S/C8H18N2O2/c1-8(2,9)6-7(11)10-4-5-12-3/h4-6,9H2,1-3H3,(H,10,11). The summed E-state index contributed by atoms with van der Waals surface area (Å²) in [5.74, 6) is -0.0282. The molecule has 0 saturated carbocycles. The molecule has 0 aliphatic carbocycles. The number of methoxy groups -OCH3 is 1. The number of hydrogen-bond donors (Lipinski definition) is 2. The van der Waals surface area contributed by atoms with E-state index in [-0.39, 0.29) is 5.91 Å². The zero-order chi connectivity index (χ0) is 9.61. The summed E-state index contributed by atoms with van der Waals surface area (Å²) in [5.41, 5.74) is 5.22. The van der Waals surface area contributed by atoms with Crippen LogP contribution in [0.25, 0.3) is 0 Å². The zero-order valence-electron chi connectivity index (χ0n) is 8.02. The van der Waals surface area contributed by atoms with Gasteiger partial charge in [-0.1, -0.05) is 0 Å². The maximum absolute atomic E-state index is 11.1. The minimum absolute atomic E-state index is 0.0282. The molecular formula is C8H18N2O2. The molecule has 0 aliphatic heterocycles. The molecule has 3 N–H and O–H groups in total. The summed E-state index contributed by atoms with van der Waals surface area (Å²) in [7, 11) is 1.60. The highest BCUT2D eigenvalue weighted by Crippen LogP contribution is 2.01. The average Bonchev–Trinajstić information content (AvgIpc) is 1.84. The van der Waals surface area contributed by atoms with Crippen molar-refractivity contribution in [2.45, 2.75) is 25.8 Å². The molecule has 12 heavy (non-hydrogen) atoms. The lowest BCUT2D eigenvalue weighted by Crippen LogP contribution is -2.39. The molecule has 4 heteroatoms. The number of carbonyl (C=O) groups excluding carboxylic acids is 1. The molecule has 0 unspecified atom stereocenters. The Hall–Kier alpha value is -0.610. The largest absolute Gasteiger partial charge is 0.383 e. The van der Waals surface area contributed by atoms with E-state index in [1.165, 1.54) is 0 Å². The summed E-state index contributed by atoms with van der Waals surface area (Å²) in [6, 6.07) is 0. The van der Waals surface area contributed by atoms with Crippen LogP contribution < -0.4 is 11.1 Å². The van der Waals surface area contributed by atoms with Crippen LogP contribution in [0.15, 0.2) is 0 Å². The smallest absolute Gasteiger partial charge is 0.221 e. The molecule has 0 aliphatic rings. The second-order valence-corrected chi connectivity index (χ2v) is 3.51. The predicted molar refractivity (Wildman–Crippen MR) is 47.8 cm³/mol. The van der Waals surface area contributed by atoms with Crippen molar-refractivity contribution in [1.29, 1.82) is 0 Å². The van der Waals surface area contributed by atoms with Crippen LogP contribution in [0, 0.1) is 0 Å². The van der Waals surface area contributed by atoms with Crippen LogP contribution in [0.1, 0.15) is 20.3 Å².